The van der Waals surface area contributed by atoms with E-state index < -0.39 is 0 Å². The third-order valence-corrected chi connectivity index (χ3v) is 5.38. The summed E-state index contributed by atoms with van der Waals surface area (Å²) in [5, 5.41) is 0.994. The van der Waals surface area contributed by atoms with Crippen LogP contribution < -0.4 is 0 Å². The van der Waals surface area contributed by atoms with Crippen molar-refractivity contribution >= 4 is 23.0 Å². The first-order valence-electron chi connectivity index (χ1n) is 7.86. The summed E-state index contributed by atoms with van der Waals surface area (Å²) in [6, 6.07) is 1.66. The van der Waals surface area contributed by atoms with Crippen LogP contribution in [0.25, 0.3) is 0 Å². The van der Waals surface area contributed by atoms with Crippen molar-refractivity contribution in [3.05, 3.63) is 39.1 Å². The number of hydrogen-bond acceptors (Lipinski definition) is 4. The molecule has 0 aromatic carbocycles. The van der Waals surface area contributed by atoms with E-state index in [-0.39, 0.29) is 11.7 Å². The largest absolute Gasteiger partial charge is 0.346 e. The van der Waals surface area contributed by atoms with Crippen molar-refractivity contribution in [2.45, 2.75) is 39.2 Å². The Morgan fingerprint density at radius 1 is 1.35 bits per heavy atom. The normalized spacial score (nSPS) is 13.7. The molecular weight excluding hydrogens is 310 g/mol. The monoisotopic (exact) mass is 331 g/mol. The maximum atomic E-state index is 12.6. The number of thiazole rings is 1. The van der Waals surface area contributed by atoms with Crippen LogP contribution in [0.15, 0.2) is 12.3 Å². The number of hydrogen-bond donors (Lipinski definition) is 0. The molecule has 3 rings (SSSR count). The van der Waals surface area contributed by atoms with Crippen molar-refractivity contribution in [3.63, 3.8) is 0 Å². The molecule has 0 saturated carbocycles. The lowest BCUT2D eigenvalue weighted by molar-refractivity contribution is 0.0775. The lowest BCUT2D eigenvalue weighted by Gasteiger charge is -2.15. The fourth-order valence-electron chi connectivity index (χ4n) is 2.91. The molecule has 0 aliphatic heterocycles. The van der Waals surface area contributed by atoms with Crippen LogP contribution in [0.2, 0.25) is 0 Å². The van der Waals surface area contributed by atoms with Crippen molar-refractivity contribution in [1.29, 1.82) is 0 Å². The molecule has 0 spiro atoms. The molecule has 2 aromatic heterocycles. The minimum Gasteiger partial charge on any atom is -0.346 e. The maximum absolute atomic E-state index is 12.6. The van der Waals surface area contributed by atoms with Gasteiger partial charge in [-0.2, -0.15) is 0 Å². The number of carbonyl (C=O) groups is 2. The average molecular weight is 331 g/mol. The first-order chi connectivity index (χ1) is 11.0. The van der Waals surface area contributed by atoms with E-state index in [1.807, 2.05) is 0 Å². The third kappa shape index (κ3) is 3.22. The van der Waals surface area contributed by atoms with Gasteiger partial charge in [0.05, 0.1) is 12.2 Å². The van der Waals surface area contributed by atoms with Gasteiger partial charge in [-0.1, -0.05) is 0 Å². The highest BCUT2D eigenvalue weighted by Crippen LogP contribution is 2.27. The smallest absolute Gasteiger partial charge is 0.270 e. The minimum atomic E-state index is -0.0897. The minimum absolute atomic E-state index is 0.0325. The molecule has 0 fully saturated rings. The van der Waals surface area contributed by atoms with Crippen molar-refractivity contribution in [2.75, 3.05) is 7.05 Å². The summed E-state index contributed by atoms with van der Waals surface area (Å²) in [7, 11) is 3.57. The second-order valence-corrected chi connectivity index (χ2v) is 7.30. The van der Waals surface area contributed by atoms with E-state index in [1.165, 1.54) is 30.3 Å². The number of ketones is 1. The van der Waals surface area contributed by atoms with Crippen LogP contribution in [0.5, 0.6) is 0 Å². The van der Waals surface area contributed by atoms with Crippen LogP contribution in [0, 0.1) is 0 Å². The number of nitrogens with zero attached hydrogens (tertiary/aromatic N) is 3. The van der Waals surface area contributed by atoms with E-state index in [2.05, 4.69) is 4.98 Å². The zero-order valence-electron chi connectivity index (χ0n) is 13.8. The van der Waals surface area contributed by atoms with Crippen molar-refractivity contribution in [1.82, 2.24) is 14.5 Å². The molecular formula is C17H21N3O2S. The summed E-state index contributed by atoms with van der Waals surface area (Å²) < 4.78 is 1.71. The maximum Gasteiger partial charge on any atom is 0.270 e. The number of carbonyl (C=O) groups excluding carboxylic acids is 2. The first kappa shape index (κ1) is 15.9. The van der Waals surface area contributed by atoms with Gasteiger partial charge in [-0.05, 0) is 38.7 Å². The van der Waals surface area contributed by atoms with Gasteiger partial charge in [-0.15, -0.1) is 11.3 Å². The molecule has 2 aromatic rings. The van der Waals surface area contributed by atoms with Crippen LogP contribution in [-0.2, 0) is 26.4 Å². The predicted octanol–water partition coefficient (Wildman–Crippen LogP) is 2.84. The zero-order valence-corrected chi connectivity index (χ0v) is 14.6. The molecule has 122 valence electrons. The summed E-state index contributed by atoms with van der Waals surface area (Å²) in [6.07, 6.45) is 6.32. The Labute approximate surface area is 139 Å². The third-order valence-electron chi connectivity index (χ3n) is 4.24. The van der Waals surface area contributed by atoms with Crippen molar-refractivity contribution < 1.29 is 9.59 Å². The lowest BCUT2D eigenvalue weighted by atomic mass is 10.0. The molecule has 0 bridgehead atoms. The molecule has 1 aliphatic carbocycles. The lowest BCUT2D eigenvalue weighted by Crippen LogP contribution is -2.27. The highest BCUT2D eigenvalue weighted by atomic mass is 32.1. The van der Waals surface area contributed by atoms with Crippen molar-refractivity contribution in [2.24, 2.45) is 7.05 Å². The SMILES string of the molecule is CC(=O)c1cc(C(=O)N(C)Cc2nc3c(s2)CCCC3)n(C)c1. The number of fused-ring (bicyclic) bond motifs is 1. The molecule has 0 saturated heterocycles. The predicted molar refractivity (Wildman–Crippen MR) is 90.0 cm³/mol. The molecule has 0 atom stereocenters. The van der Waals surface area contributed by atoms with Crippen LogP contribution >= 0.6 is 11.3 Å². The van der Waals surface area contributed by atoms with E-state index in [9.17, 15) is 9.59 Å². The summed E-state index contributed by atoms with van der Waals surface area (Å²) >= 11 is 1.72. The van der Waals surface area contributed by atoms with Crippen molar-refractivity contribution in [3.8, 4) is 0 Å². The van der Waals surface area contributed by atoms with E-state index >= 15 is 0 Å². The van der Waals surface area contributed by atoms with Gasteiger partial charge in [0.25, 0.3) is 5.91 Å². The van der Waals surface area contributed by atoms with E-state index in [0.29, 0.717) is 17.8 Å². The molecule has 0 radical (unpaired) electrons. The molecule has 1 amide bonds. The van der Waals surface area contributed by atoms with Crippen LogP contribution in [-0.4, -0.2) is 33.2 Å². The molecule has 6 heteroatoms. The fraction of sp³-hybridized carbons (Fsp3) is 0.471. The number of Topliss-reactive ketones (excluding diaryl/α,β-unsaturated/α-hetero) is 1. The molecule has 0 N–H and O–H groups in total. The highest BCUT2D eigenvalue weighted by Gasteiger charge is 2.20. The second-order valence-electron chi connectivity index (χ2n) is 6.13. The Hall–Kier alpha value is -1.95. The van der Waals surface area contributed by atoms with Gasteiger partial charge < -0.3 is 9.47 Å². The second kappa shape index (κ2) is 6.28. The fourth-order valence-corrected chi connectivity index (χ4v) is 4.12. The molecule has 2 heterocycles. The van der Waals surface area contributed by atoms with Gasteiger partial charge in [0, 0.05) is 30.7 Å². The van der Waals surface area contributed by atoms with E-state index in [0.717, 1.165) is 17.8 Å². The Morgan fingerprint density at radius 3 is 2.74 bits per heavy atom. The van der Waals surface area contributed by atoms with Gasteiger partial charge in [0.2, 0.25) is 0 Å². The summed E-state index contributed by atoms with van der Waals surface area (Å²) in [5.41, 5.74) is 2.31. The first-order valence-corrected chi connectivity index (χ1v) is 8.67. The van der Waals surface area contributed by atoms with Gasteiger partial charge in [0.1, 0.15) is 10.7 Å². The Balaban J connectivity index is 1.75. The number of aromatic nitrogens is 2. The Morgan fingerprint density at radius 2 is 2.09 bits per heavy atom. The van der Waals surface area contributed by atoms with E-state index in [4.69, 9.17) is 0 Å². The highest BCUT2D eigenvalue weighted by molar-refractivity contribution is 7.11. The molecule has 23 heavy (non-hydrogen) atoms. The van der Waals surface area contributed by atoms with Gasteiger partial charge in [0.15, 0.2) is 5.78 Å². The Kier molecular flexibility index (Phi) is 4.35. The quantitative estimate of drug-likeness (QED) is 0.810. The zero-order chi connectivity index (χ0) is 16.6. The summed E-state index contributed by atoms with van der Waals surface area (Å²) in [4.78, 5) is 31.8. The molecule has 5 nitrogen and oxygen atoms in total. The van der Waals surface area contributed by atoms with Crippen LogP contribution in [0.4, 0.5) is 0 Å². The number of aryl methyl sites for hydroxylation is 3. The summed E-state index contributed by atoms with van der Waals surface area (Å²) in [5.74, 6) is -0.122. The number of rotatable bonds is 4. The van der Waals surface area contributed by atoms with Gasteiger partial charge in [-0.3, -0.25) is 9.59 Å². The topological polar surface area (TPSA) is 55.2 Å². The number of amides is 1. The molecule has 1 aliphatic rings. The van der Waals surface area contributed by atoms with Crippen LogP contribution in [0.1, 0.15) is 56.2 Å². The standard InChI is InChI=1S/C17H21N3O2S/c1-11(21)12-8-14(19(2)9-12)17(22)20(3)10-16-18-13-6-4-5-7-15(13)23-16/h8-9H,4-7,10H2,1-3H3. The van der Waals surface area contributed by atoms with Crippen LogP contribution in [0.3, 0.4) is 0 Å². The van der Waals surface area contributed by atoms with Gasteiger partial charge in [-0.25, -0.2) is 4.98 Å². The Bertz CT molecular complexity index is 736. The summed E-state index contributed by atoms with van der Waals surface area (Å²) in [6.45, 7) is 2.02. The van der Waals surface area contributed by atoms with E-state index in [1.54, 1.807) is 47.2 Å². The van der Waals surface area contributed by atoms with Gasteiger partial charge >= 0.3 is 0 Å². The molecule has 0 unspecified atom stereocenters. The average Bonchev–Trinajstić information content (AvgIpc) is 3.09.